The van der Waals surface area contributed by atoms with E-state index in [0.29, 0.717) is 0 Å². The van der Waals surface area contributed by atoms with Crippen LogP contribution >= 0.6 is 46.7 Å². The van der Waals surface area contributed by atoms with Crippen LogP contribution in [0.2, 0.25) is 0 Å². The average Bonchev–Trinajstić information content (AvgIpc) is 3.27. The van der Waals surface area contributed by atoms with Gasteiger partial charge in [-0.25, -0.2) is 4.98 Å². The van der Waals surface area contributed by atoms with Gasteiger partial charge in [0.25, 0.3) is 0 Å². The number of aromatic nitrogens is 1. The Labute approximate surface area is 179 Å². The molecule has 3 rings (SSSR count). The number of thiazole rings is 1. The molecule has 0 aliphatic carbocycles. The summed E-state index contributed by atoms with van der Waals surface area (Å²) in [4.78, 5) is 11.4. The monoisotopic (exact) mass is 498 g/mol. The van der Waals surface area contributed by atoms with Crippen molar-refractivity contribution in [2.45, 2.75) is 19.9 Å². The van der Waals surface area contributed by atoms with E-state index in [1.807, 2.05) is 36.5 Å². The summed E-state index contributed by atoms with van der Waals surface area (Å²) in [5.41, 5.74) is 2.33. The van der Waals surface area contributed by atoms with Gasteiger partial charge in [-0.3, -0.25) is 4.99 Å². The van der Waals surface area contributed by atoms with Crippen LogP contribution in [-0.4, -0.2) is 24.5 Å². The van der Waals surface area contributed by atoms with Crippen LogP contribution in [0.25, 0.3) is 10.6 Å². The lowest BCUT2D eigenvalue weighted by atomic mass is 10.2. The van der Waals surface area contributed by atoms with Crippen molar-refractivity contribution in [2.24, 2.45) is 4.99 Å². The predicted octanol–water partition coefficient (Wildman–Crippen LogP) is 4.71. The van der Waals surface area contributed by atoms with E-state index in [1.54, 1.807) is 18.4 Å². The van der Waals surface area contributed by atoms with E-state index in [-0.39, 0.29) is 24.0 Å². The maximum Gasteiger partial charge on any atom is 0.191 e. The number of benzene rings is 1. The Bertz CT molecular complexity index is 827. The lowest BCUT2D eigenvalue weighted by Crippen LogP contribution is -2.37. The second kappa shape index (κ2) is 10.6. The quantitative estimate of drug-likeness (QED) is 0.294. The number of hydrogen-bond acceptors (Lipinski definition) is 4. The molecule has 0 aliphatic rings. The Hall–Kier alpha value is -1.45. The SMILES string of the molecule is CN=C(NCCc1ccc(-c2csc(C)n2)s1)NCc1ccccc1.I. The van der Waals surface area contributed by atoms with E-state index in [9.17, 15) is 0 Å². The largest absolute Gasteiger partial charge is 0.356 e. The average molecular weight is 498 g/mol. The second-order valence-corrected chi connectivity index (χ2v) is 7.84. The fourth-order valence-corrected chi connectivity index (χ4v) is 4.09. The van der Waals surface area contributed by atoms with Gasteiger partial charge in [0.15, 0.2) is 5.96 Å². The Morgan fingerprint density at radius 2 is 1.92 bits per heavy atom. The smallest absolute Gasteiger partial charge is 0.191 e. The van der Waals surface area contributed by atoms with Gasteiger partial charge in [-0.05, 0) is 31.0 Å². The number of aliphatic imine (C=N–C) groups is 1. The minimum Gasteiger partial charge on any atom is -0.356 e. The van der Waals surface area contributed by atoms with Gasteiger partial charge < -0.3 is 10.6 Å². The molecular weight excluding hydrogens is 475 g/mol. The molecule has 0 radical (unpaired) electrons. The molecule has 2 N–H and O–H groups in total. The van der Waals surface area contributed by atoms with Gasteiger partial charge >= 0.3 is 0 Å². The molecule has 4 nitrogen and oxygen atoms in total. The molecule has 2 aromatic heterocycles. The molecule has 3 aromatic rings. The molecule has 0 spiro atoms. The zero-order valence-corrected chi connectivity index (χ0v) is 18.8. The minimum atomic E-state index is 0. The van der Waals surface area contributed by atoms with Gasteiger partial charge in [0, 0.05) is 30.4 Å². The van der Waals surface area contributed by atoms with E-state index in [2.05, 4.69) is 50.3 Å². The summed E-state index contributed by atoms with van der Waals surface area (Å²) < 4.78 is 0. The van der Waals surface area contributed by atoms with E-state index in [0.717, 1.165) is 36.2 Å². The third-order valence-electron chi connectivity index (χ3n) is 3.72. The summed E-state index contributed by atoms with van der Waals surface area (Å²) in [7, 11) is 1.80. The normalized spacial score (nSPS) is 11.1. The zero-order chi connectivity index (χ0) is 17.5. The molecular formula is C19H23IN4S2. The molecule has 2 heterocycles. The topological polar surface area (TPSA) is 49.3 Å². The van der Waals surface area contributed by atoms with Crippen molar-refractivity contribution < 1.29 is 0 Å². The molecule has 7 heteroatoms. The summed E-state index contributed by atoms with van der Waals surface area (Å²) in [5.74, 6) is 0.829. The number of nitrogens with zero attached hydrogens (tertiary/aromatic N) is 2. The van der Waals surface area contributed by atoms with Crippen LogP contribution in [0, 0.1) is 6.92 Å². The van der Waals surface area contributed by atoms with E-state index < -0.39 is 0 Å². The van der Waals surface area contributed by atoms with Crippen molar-refractivity contribution in [3.8, 4) is 10.6 Å². The predicted molar refractivity (Wildman–Crippen MR) is 124 cm³/mol. The first-order chi connectivity index (χ1) is 12.2. The molecule has 0 amide bonds. The summed E-state index contributed by atoms with van der Waals surface area (Å²) in [6.45, 7) is 3.66. The summed E-state index contributed by atoms with van der Waals surface area (Å²) in [6.07, 6.45) is 0.972. The molecule has 0 bridgehead atoms. The van der Waals surface area contributed by atoms with Gasteiger partial charge in [0.1, 0.15) is 0 Å². The number of guanidine groups is 1. The first kappa shape index (κ1) is 20.9. The lowest BCUT2D eigenvalue weighted by molar-refractivity contribution is 0.799. The third-order valence-corrected chi connectivity index (χ3v) is 5.66. The molecule has 0 fully saturated rings. The standard InChI is InChI=1S/C19H22N4S2.HI/c1-14-23-17(13-24-14)18-9-8-16(25-18)10-11-21-19(20-2)22-12-15-6-4-3-5-7-15;/h3-9,13H,10-12H2,1-2H3,(H2,20,21,22);1H. The lowest BCUT2D eigenvalue weighted by Gasteiger charge is -2.11. The van der Waals surface area contributed by atoms with Gasteiger partial charge in [-0.15, -0.1) is 46.7 Å². The fraction of sp³-hybridized carbons (Fsp3) is 0.263. The molecule has 0 atom stereocenters. The molecule has 0 saturated heterocycles. The fourth-order valence-electron chi connectivity index (χ4n) is 2.43. The molecule has 0 aliphatic heterocycles. The van der Waals surface area contributed by atoms with Gasteiger partial charge in [-0.2, -0.15) is 0 Å². The maximum absolute atomic E-state index is 4.55. The van der Waals surface area contributed by atoms with Crippen molar-refractivity contribution in [1.82, 2.24) is 15.6 Å². The number of halogens is 1. The van der Waals surface area contributed by atoms with E-state index in [1.165, 1.54) is 15.3 Å². The van der Waals surface area contributed by atoms with Gasteiger partial charge in [0.2, 0.25) is 0 Å². The van der Waals surface area contributed by atoms with Gasteiger partial charge in [0.05, 0.1) is 15.6 Å². The van der Waals surface area contributed by atoms with Crippen LogP contribution in [0.1, 0.15) is 15.4 Å². The Morgan fingerprint density at radius 3 is 2.62 bits per heavy atom. The summed E-state index contributed by atoms with van der Waals surface area (Å²) in [5, 5.41) is 9.95. The van der Waals surface area contributed by atoms with E-state index in [4.69, 9.17) is 0 Å². The molecule has 1 aromatic carbocycles. The zero-order valence-electron chi connectivity index (χ0n) is 14.9. The van der Waals surface area contributed by atoms with Crippen molar-refractivity contribution in [1.29, 1.82) is 0 Å². The van der Waals surface area contributed by atoms with Crippen LogP contribution in [-0.2, 0) is 13.0 Å². The maximum atomic E-state index is 4.55. The molecule has 138 valence electrons. The van der Waals surface area contributed by atoms with Crippen molar-refractivity contribution in [3.63, 3.8) is 0 Å². The van der Waals surface area contributed by atoms with Crippen molar-refractivity contribution in [3.05, 3.63) is 63.3 Å². The highest BCUT2D eigenvalue weighted by Crippen LogP contribution is 2.29. The molecule has 0 unspecified atom stereocenters. The summed E-state index contributed by atoms with van der Waals surface area (Å²) >= 11 is 3.51. The first-order valence-electron chi connectivity index (χ1n) is 8.24. The minimum absolute atomic E-state index is 0. The summed E-state index contributed by atoms with van der Waals surface area (Å²) in [6, 6.07) is 14.7. The van der Waals surface area contributed by atoms with Gasteiger partial charge in [-0.1, -0.05) is 30.3 Å². The number of thiophene rings is 1. The Kier molecular flexibility index (Phi) is 8.53. The van der Waals surface area contributed by atoms with Crippen molar-refractivity contribution in [2.75, 3.05) is 13.6 Å². The van der Waals surface area contributed by atoms with E-state index >= 15 is 0 Å². The number of hydrogen-bond donors (Lipinski definition) is 2. The van der Waals surface area contributed by atoms with Crippen LogP contribution < -0.4 is 10.6 Å². The highest BCUT2D eigenvalue weighted by molar-refractivity contribution is 14.0. The van der Waals surface area contributed by atoms with Crippen molar-refractivity contribution >= 4 is 52.6 Å². The third kappa shape index (κ3) is 6.07. The number of nitrogens with one attached hydrogen (secondary N) is 2. The van der Waals surface area contributed by atoms with Crippen LogP contribution in [0.5, 0.6) is 0 Å². The second-order valence-electron chi connectivity index (χ2n) is 5.61. The highest BCUT2D eigenvalue weighted by atomic mass is 127. The van der Waals surface area contributed by atoms with Crippen LogP contribution in [0.15, 0.2) is 52.8 Å². The number of aryl methyl sites for hydroxylation is 1. The van der Waals surface area contributed by atoms with Crippen LogP contribution in [0.4, 0.5) is 0 Å². The highest BCUT2D eigenvalue weighted by Gasteiger charge is 2.06. The first-order valence-corrected chi connectivity index (χ1v) is 9.94. The van der Waals surface area contributed by atoms with Crippen LogP contribution in [0.3, 0.4) is 0 Å². The molecule has 0 saturated carbocycles. The number of rotatable bonds is 6. The Morgan fingerprint density at radius 1 is 1.12 bits per heavy atom. The molecule has 26 heavy (non-hydrogen) atoms. The Balaban J connectivity index is 0.00000243.